The number of aryl methyl sites for hydroxylation is 1. The van der Waals surface area contributed by atoms with Crippen molar-refractivity contribution < 1.29 is 0 Å². The number of aromatic nitrogens is 4. The molecule has 2 rings (SSSR count). The molecule has 2 aromatic rings. The lowest BCUT2D eigenvalue weighted by Crippen LogP contribution is -1.98. The summed E-state index contributed by atoms with van der Waals surface area (Å²) in [4.78, 5) is 12.2. The van der Waals surface area contributed by atoms with E-state index in [0.717, 1.165) is 5.56 Å². The SMILES string of the molecule is Cn1cc(CN=C/C=C\N)c(-c2cc(Cl)nc(N)n2)n1. The number of nitrogen functional groups attached to an aromatic ring is 1. The van der Waals surface area contributed by atoms with Crippen molar-refractivity contribution in [1.82, 2.24) is 19.7 Å². The highest BCUT2D eigenvalue weighted by atomic mass is 35.5. The van der Waals surface area contributed by atoms with E-state index < -0.39 is 0 Å². The van der Waals surface area contributed by atoms with Crippen LogP contribution in [0.1, 0.15) is 5.56 Å². The van der Waals surface area contributed by atoms with Gasteiger partial charge in [0.2, 0.25) is 5.95 Å². The Balaban J connectivity index is 2.36. The van der Waals surface area contributed by atoms with Crippen molar-refractivity contribution in [3.8, 4) is 11.4 Å². The van der Waals surface area contributed by atoms with Crippen molar-refractivity contribution in [2.24, 2.45) is 17.8 Å². The lowest BCUT2D eigenvalue weighted by atomic mass is 10.2. The van der Waals surface area contributed by atoms with Gasteiger partial charge in [0.25, 0.3) is 0 Å². The fourth-order valence-electron chi connectivity index (χ4n) is 1.69. The van der Waals surface area contributed by atoms with Gasteiger partial charge in [-0.05, 0) is 12.3 Å². The Morgan fingerprint density at radius 1 is 1.45 bits per heavy atom. The van der Waals surface area contributed by atoms with Crippen molar-refractivity contribution in [3.63, 3.8) is 0 Å². The largest absolute Gasteiger partial charge is 0.405 e. The molecule has 2 aromatic heterocycles. The van der Waals surface area contributed by atoms with E-state index in [0.29, 0.717) is 17.9 Å². The Hall–Kier alpha value is -2.41. The van der Waals surface area contributed by atoms with Crippen LogP contribution in [-0.4, -0.2) is 26.0 Å². The molecule has 0 saturated carbocycles. The lowest BCUT2D eigenvalue weighted by Gasteiger charge is -2.01. The van der Waals surface area contributed by atoms with Crippen LogP contribution in [0.4, 0.5) is 5.95 Å². The fourth-order valence-corrected chi connectivity index (χ4v) is 1.88. The third-order valence-electron chi connectivity index (χ3n) is 2.42. The van der Waals surface area contributed by atoms with Crippen LogP contribution in [0.3, 0.4) is 0 Å². The minimum Gasteiger partial charge on any atom is -0.405 e. The number of aliphatic imine (C=N–C) groups is 1. The summed E-state index contributed by atoms with van der Waals surface area (Å²) >= 11 is 5.89. The number of anilines is 1. The number of hydrogen-bond donors (Lipinski definition) is 2. The topological polar surface area (TPSA) is 108 Å². The Morgan fingerprint density at radius 3 is 2.95 bits per heavy atom. The van der Waals surface area contributed by atoms with Gasteiger partial charge in [-0.2, -0.15) is 5.10 Å². The molecule has 0 saturated heterocycles. The zero-order valence-corrected chi connectivity index (χ0v) is 11.6. The van der Waals surface area contributed by atoms with E-state index in [1.165, 1.54) is 6.20 Å². The second kappa shape index (κ2) is 6.16. The van der Waals surface area contributed by atoms with Gasteiger partial charge in [0.05, 0.1) is 12.2 Å². The molecule has 0 unspecified atom stereocenters. The van der Waals surface area contributed by atoms with E-state index in [-0.39, 0.29) is 11.1 Å². The third-order valence-corrected chi connectivity index (χ3v) is 2.62. The van der Waals surface area contributed by atoms with Gasteiger partial charge in [-0.3, -0.25) is 9.67 Å². The molecule has 0 aliphatic rings. The van der Waals surface area contributed by atoms with Gasteiger partial charge < -0.3 is 11.5 Å². The van der Waals surface area contributed by atoms with E-state index in [9.17, 15) is 0 Å². The second-order valence-electron chi connectivity index (χ2n) is 3.99. The fraction of sp³-hybridized carbons (Fsp3) is 0.167. The molecule has 0 aliphatic heterocycles. The van der Waals surface area contributed by atoms with Crippen molar-refractivity contribution in [2.75, 3.05) is 5.73 Å². The predicted molar refractivity (Wildman–Crippen MR) is 79.2 cm³/mol. The standard InChI is InChI=1S/C12H14ClN7/c1-20-7-8(6-16-4-2-3-14)11(19-20)9-5-10(13)18-12(15)17-9/h2-5,7H,6,14H2,1H3,(H2,15,17,18)/b3-2-,16-4?. The highest BCUT2D eigenvalue weighted by Gasteiger charge is 2.12. The van der Waals surface area contributed by atoms with E-state index in [1.54, 1.807) is 23.0 Å². The summed E-state index contributed by atoms with van der Waals surface area (Å²) in [7, 11) is 1.82. The van der Waals surface area contributed by atoms with Crippen LogP contribution < -0.4 is 11.5 Å². The van der Waals surface area contributed by atoms with Crippen LogP contribution in [0, 0.1) is 0 Å². The molecule has 2 heterocycles. The van der Waals surface area contributed by atoms with Crippen molar-refractivity contribution >= 4 is 23.8 Å². The molecule has 0 fully saturated rings. The monoisotopic (exact) mass is 291 g/mol. The number of halogens is 1. The molecular formula is C12H14ClN7. The second-order valence-corrected chi connectivity index (χ2v) is 4.37. The maximum atomic E-state index is 5.89. The van der Waals surface area contributed by atoms with Gasteiger partial charge in [-0.15, -0.1) is 0 Å². The highest BCUT2D eigenvalue weighted by Crippen LogP contribution is 2.23. The van der Waals surface area contributed by atoms with Gasteiger partial charge in [0.15, 0.2) is 0 Å². The molecule has 0 aromatic carbocycles. The lowest BCUT2D eigenvalue weighted by molar-refractivity contribution is 0.768. The predicted octanol–water partition coefficient (Wildman–Crippen LogP) is 1.16. The van der Waals surface area contributed by atoms with Crippen molar-refractivity contribution in [2.45, 2.75) is 6.54 Å². The summed E-state index contributed by atoms with van der Waals surface area (Å²) in [6, 6.07) is 1.62. The summed E-state index contributed by atoms with van der Waals surface area (Å²) in [6.07, 6.45) is 6.55. The number of rotatable bonds is 4. The average Bonchev–Trinajstić information content (AvgIpc) is 2.75. The molecule has 0 spiro atoms. The minimum absolute atomic E-state index is 0.110. The third kappa shape index (κ3) is 3.33. The Bertz CT molecular complexity index is 640. The summed E-state index contributed by atoms with van der Waals surface area (Å²) in [5.74, 6) is 0.110. The molecule has 104 valence electrons. The van der Waals surface area contributed by atoms with Crippen LogP contribution in [0.2, 0.25) is 5.15 Å². The number of hydrogen-bond acceptors (Lipinski definition) is 6. The minimum atomic E-state index is 0.110. The van der Waals surface area contributed by atoms with Gasteiger partial charge in [-0.25, -0.2) is 9.97 Å². The molecule has 0 radical (unpaired) electrons. The first-order chi connectivity index (χ1) is 9.60. The molecular weight excluding hydrogens is 278 g/mol. The van der Waals surface area contributed by atoms with Gasteiger partial charge in [0, 0.05) is 31.1 Å². The van der Waals surface area contributed by atoms with Crippen LogP contribution >= 0.6 is 11.6 Å². The summed E-state index contributed by atoms with van der Waals surface area (Å²) in [5.41, 5.74) is 13.0. The van der Waals surface area contributed by atoms with E-state index in [4.69, 9.17) is 23.1 Å². The molecule has 0 bridgehead atoms. The van der Waals surface area contributed by atoms with E-state index in [1.807, 2.05) is 13.2 Å². The molecule has 0 atom stereocenters. The number of allylic oxidation sites excluding steroid dienone is 1. The first kappa shape index (κ1) is 14.0. The number of nitrogens with two attached hydrogens (primary N) is 2. The van der Waals surface area contributed by atoms with Crippen molar-refractivity contribution in [3.05, 3.63) is 35.3 Å². The maximum absolute atomic E-state index is 5.89. The highest BCUT2D eigenvalue weighted by molar-refractivity contribution is 6.29. The molecule has 20 heavy (non-hydrogen) atoms. The van der Waals surface area contributed by atoms with Crippen LogP contribution in [0.15, 0.2) is 29.5 Å². The Labute approximate surface area is 121 Å². The van der Waals surface area contributed by atoms with E-state index >= 15 is 0 Å². The van der Waals surface area contributed by atoms with Crippen LogP contribution in [0.5, 0.6) is 0 Å². The van der Waals surface area contributed by atoms with Crippen LogP contribution in [0.25, 0.3) is 11.4 Å². The number of nitrogens with zero attached hydrogens (tertiary/aromatic N) is 5. The molecule has 0 aliphatic carbocycles. The zero-order chi connectivity index (χ0) is 14.5. The summed E-state index contributed by atoms with van der Waals surface area (Å²) in [5, 5.41) is 4.63. The van der Waals surface area contributed by atoms with Gasteiger partial charge >= 0.3 is 0 Å². The first-order valence-corrected chi connectivity index (χ1v) is 6.17. The molecule has 7 nitrogen and oxygen atoms in total. The van der Waals surface area contributed by atoms with Crippen LogP contribution in [-0.2, 0) is 13.6 Å². The summed E-state index contributed by atoms with van der Waals surface area (Å²) in [6.45, 7) is 0.453. The molecule has 8 heteroatoms. The Kier molecular flexibility index (Phi) is 4.31. The normalized spacial score (nSPS) is 11.7. The maximum Gasteiger partial charge on any atom is 0.222 e. The first-order valence-electron chi connectivity index (χ1n) is 5.80. The van der Waals surface area contributed by atoms with Crippen molar-refractivity contribution in [1.29, 1.82) is 0 Å². The molecule has 0 amide bonds. The average molecular weight is 292 g/mol. The van der Waals surface area contributed by atoms with E-state index in [2.05, 4.69) is 20.1 Å². The van der Waals surface area contributed by atoms with Gasteiger partial charge in [-0.1, -0.05) is 11.6 Å². The smallest absolute Gasteiger partial charge is 0.222 e. The van der Waals surface area contributed by atoms with Gasteiger partial charge in [0.1, 0.15) is 10.8 Å². The zero-order valence-electron chi connectivity index (χ0n) is 10.9. The molecule has 4 N–H and O–H groups in total. The summed E-state index contributed by atoms with van der Waals surface area (Å²) < 4.78 is 1.69. The Morgan fingerprint density at radius 2 is 2.25 bits per heavy atom. The quantitative estimate of drug-likeness (QED) is 0.649.